The number of nitrogens with zero attached hydrogens (tertiary/aromatic N) is 2. The molecule has 2 saturated heterocycles. The monoisotopic (exact) mass is 395 g/mol. The molecule has 2 amide bonds. The lowest BCUT2D eigenvalue weighted by Gasteiger charge is -2.44. The zero-order valence-electron chi connectivity index (χ0n) is 18.1. The number of carbonyl (C=O) groups excluding carboxylic acids is 3. The number of rotatable bonds is 8. The molecule has 0 saturated carbocycles. The summed E-state index contributed by atoms with van der Waals surface area (Å²) in [5.41, 5.74) is -0.561. The predicted molar refractivity (Wildman–Crippen MR) is 107 cm³/mol. The summed E-state index contributed by atoms with van der Waals surface area (Å²) in [5, 5.41) is 3.53. The Kier molecular flexibility index (Phi) is 7.87. The Balaban J connectivity index is 2.12. The number of carbonyl (C=O) groups is 3. The van der Waals surface area contributed by atoms with Crippen molar-refractivity contribution < 1.29 is 19.1 Å². The zero-order chi connectivity index (χ0) is 20.9. The number of amides is 2. The Morgan fingerprint density at radius 2 is 1.86 bits per heavy atom. The molecule has 2 unspecified atom stereocenters. The number of hydrogen-bond acceptors (Lipinski definition) is 5. The van der Waals surface area contributed by atoms with Crippen LogP contribution in [0.1, 0.15) is 66.7 Å². The summed E-state index contributed by atoms with van der Waals surface area (Å²) in [4.78, 5) is 41.4. The fourth-order valence-corrected chi connectivity index (χ4v) is 4.44. The van der Waals surface area contributed by atoms with Gasteiger partial charge in [-0.25, -0.2) is 0 Å². The quantitative estimate of drug-likeness (QED) is 0.637. The average Bonchev–Trinajstić information content (AvgIpc) is 2.87. The molecule has 0 aromatic heterocycles. The Labute approximate surface area is 169 Å². The Morgan fingerprint density at radius 1 is 1.21 bits per heavy atom. The van der Waals surface area contributed by atoms with E-state index < -0.39 is 5.66 Å². The van der Waals surface area contributed by atoms with E-state index in [0.717, 1.165) is 19.3 Å². The number of hydrogen-bond donors (Lipinski definition) is 1. The number of esters is 1. The first-order valence-electron chi connectivity index (χ1n) is 10.8. The summed E-state index contributed by atoms with van der Waals surface area (Å²) >= 11 is 0. The van der Waals surface area contributed by atoms with Crippen molar-refractivity contribution in [1.29, 1.82) is 0 Å². The number of nitrogens with one attached hydrogen (secondary N) is 1. The van der Waals surface area contributed by atoms with Gasteiger partial charge in [0.05, 0.1) is 18.3 Å². The first-order chi connectivity index (χ1) is 13.2. The zero-order valence-corrected chi connectivity index (χ0v) is 18.1. The second-order valence-corrected chi connectivity index (χ2v) is 8.60. The molecule has 2 atom stereocenters. The molecule has 160 valence electrons. The molecule has 2 fully saturated rings. The van der Waals surface area contributed by atoms with Crippen molar-refractivity contribution >= 4 is 17.8 Å². The molecule has 0 aromatic carbocycles. The summed E-state index contributed by atoms with van der Waals surface area (Å²) in [5.74, 6) is 0.189. The lowest BCUT2D eigenvalue weighted by Crippen LogP contribution is -2.60. The van der Waals surface area contributed by atoms with E-state index >= 15 is 0 Å². The first-order valence-corrected chi connectivity index (χ1v) is 10.8. The average molecular weight is 396 g/mol. The molecule has 0 bridgehead atoms. The van der Waals surface area contributed by atoms with Gasteiger partial charge < -0.3 is 14.5 Å². The van der Waals surface area contributed by atoms with Gasteiger partial charge in [0.2, 0.25) is 11.8 Å². The van der Waals surface area contributed by atoms with E-state index in [2.05, 4.69) is 26.1 Å². The minimum absolute atomic E-state index is 0.0270. The van der Waals surface area contributed by atoms with Crippen LogP contribution >= 0.6 is 0 Å². The molecule has 1 N–H and O–H groups in total. The largest absolute Gasteiger partial charge is 0.465 e. The van der Waals surface area contributed by atoms with Crippen molar-refractivity contribution in [2.24, 2.45) is 11.8 Å². The van der Waals surface area contributed by atoms with Crippen LogP contribution in [0.3, 0.4) is 0 Å². The van der Waals surface area contributed by atoms with Gasteiger partial charge in [0.1, 0.15) is 6.54 Å². The van der Waals surface area contributed by atoms with Crippen molar-refractivity contribution in [2.75, 3.05) is 26.2 Å². The van der Waals surface area contributed by atoms with Crippen LogP contribution in [0.15, 0.2) is 0 Å². The van der Waals surface area contributed by atoms with Crippen molar-refractivity contribution in [3.63, 3.8) is 0 Å². The molecule has 7 nitrogen and oxygen atoms in total. The first kappa shape index (κ1) is 22.7. The van der Waals surface area contributed by atoms with E-state index in [1.54, 1.807) is 11.8 Å². The Bertz CT molecular complexity index is 570. The summed E-state index contributed by atoms with van der Waals surface area (Å²) in [6.07, 6.45) is 3.89. The smallest absolute Gasteiger partial charge is 0.325 e. The standard InChI is InChI=1S/C21H37N3O4/c1-6-8-16(5)19(26)23-11-9-21(10-12-23)22-17(13-15(3)4)20(27)24(21)14-18(25)28-7-2/h15-17,22H,6-14H2,1-5H3. The van der Waals surface area contributed by atoms with Gasteiger partial charge in [-0.3, -0.25) is 19.7 Å². The lowest BCUT2D eigenvalue weighted by atomic mass is 9.94. The molecule has 0 aromatic rings. The molecular weight excluding hydrogens is 358 g/mol. The van der Waals surface area contributed by atoms with E-state index in [1.807, 2.05) is 11.8 Å². The maximum atomic E-state index is 13.0. The normalized spacial score (nSPS) is 22.8. The molecule has 7 heteroatoms. The lowest BCUT2D eigenvalue weighted by molar-refractivity contribution is -0.152. The number of ether oxygens (including phenoxy) is 1. The van der Waals surface area contributed by atoms with Crippen LogP contribution in [0.2, 0.25) is 0 Å². The maximum absolute atomic E-state index is 13.0. The molecule has 0 aliphatic carbocycles. The fraction of sp³-hybridized carbons (Fsp3) is 0.857. The summed E-state index contributed by atoms with van der Waals surface area (Å²) in [6.45, 7) is 11.5. The molecule has 2 aliphatic rings. The van der Waals surface area contributed by atoms with Crippen LogP contribution in [-0.2, 0) is 19.1 Å². The van der Waals surface area contributed by atoms with E-state index in [1.165, 1.54) is 0 Å². The van der Waals surface area contributed by atoms with Gasteiger partial charge in [0, 0.05) is 31.8 Å². The van der Waals surface area contributed by atoms with Crippen molar-refractivity contribution in [3.05, 3.63) is 0 Å². The second kappa shape index (κ2) is 9.72. The highest BCUT2D eigenvalue weighted by molar-refractivity contribution is 5.89. The van der Waals surface area contributed by atoms with Crippen LogP contribution in [0.4, 0.5) is 0 Å². The second-order valence-electron chi connectivity index (χ2n) is 8.60. The minimum Gasteiger partial charge on any atom is -0.465 e. The highest BCUT2D eigenvalue weighted by Gasteiger charge is 2.52. The van der Waals surface area contributed by atoms with E-state index in [-0.39, 0.29) is 36.3 Å². The topological polar surface area (TPSA) is 79.0 Å². The van der Waals surface area contributed by atoms with Gasteiger partial charge in [-0.05, 0) is 25.7 Å². The Morgan fingerprint density at radius 3 is 2.39 bits per heavy atom. The highest BCUT2D eigenvalue weighted by atomic mass is 16.5. The van der Waals surface area contributed by atoms with Crippen LogP contribution < -0.4 is 5.32 Å². The molecule has 0 radical (unpaired) electrons. The third-order valence-electron chi connectivity index (χ3n) is 5.87. The van der Waals surface area contributed by atoms with Gasteiger partial charge in [-0.15, -0.1) is 0 Å². The van der Waals surface area contributed by atoms with Crippen molar-refractivity contribution in [3.8, 4) is 0 Å². The van der Waals surface area contributed by atoms with Crippen LogP contribution in [-0.4, -0.2) is 65.5 Å². The third-order valence-corrected chi connectivity index (χ3v) is 5.87. The predicted octanol–water partition coefficient (Wildman–Crippen LogP) is 2.15. The molecular formula is C21H37N3O4. The minimum atomic E-state index is -0.561. The van der Waals surface area contributed by atoms with Crippen LogP contribution in [0.5, 0.6) is 0 Å². The third kappa shape index (κ3) is 5.04. The van der Waals surface area contributed by atoms with Crippen molar-refractivity contribution in [2.45, 2.75) is 78.4 Å². The summed E-state index contributed by atoms with van der Waals surface area (Å²) < 4.78 is 5.10. The number of likely N-dealkylation sites (tertiary alicyclic amines) is 1. The Hall–Kier alpha value is -1.63. The molecule has 2 rings (SSSR count). The van der Waals surface area contributed by atoms with Gasteiger partial charge >= 0.3 is 5.97 Å². The summed E-state index contributed by atoms with van der Waals surface area (Å²) in [6, 6.07) is -0.282. The van der Waals surface area contributed by atoms with E-state index in [0.29, 0.717) is 38.5 Å². The van der Waals surface area contributed by atoms with Gasteiger partial charge in [-0.1, -0.05) is 34.1 Å². The van der Waals surface area contributed by atoms with Crippen LogP contribution in [0.25, 0.3) is 0 Å². The maximum Gasteiger partial charge on any atom is 0.325 e. The van der Waals surface area contributed by atoms with Crippen LogP contribution in [0, 0.1) is 11.8 Å². The van der Waals surface area contributed by atoms with Gasteiger partial charge in [-0.2, -0.15) is 0 Å². The SMILES string of the molecule is CCCC(C)C(=O)N1CCC2(CC1)NC(CC(C)C)C(=O)N2CC(=O)OCC. The van der Waals surface area contributed by atoms with Gasteiger partial charge in [0.25, 0.3) is 0 Å². The van der Waals surface area contributed by atoms with E-state index in [4.69, 9.17) is 4.74 Å². The van der Waals surface area contributed by atoms with Gasteiger partial charge in [0.15, 0.2) is 0 Å². The van der Waals surface area contributed by atoms with E-state index in [9.17, 15) is 14.4 Å². The fourth-order valence-electron chi connectivity index (χ4n) is 4.44. The highest BCUT2D eigenvalue weighted by Crippen LogP contribution is 2.34. The summed E-state index contributed by atoms with van der Waals surface area (Å²) in [7, 11) is 0. The molecule has 1 spiro atoms. The molecule has 2 aliphatic heterocycles. The molecule has 2 heterocycles. The van der Waals surface area contributed by atoms with Crippen molar-refractivity contribution in [1.82, 2.24) is 15.1 Å². The number of piperidine rings is 1. The molecule has 28 heavy (non-hydrogen) atoms.